The molecule has 2 aromatic rings. The van der Waals surface area contributed by atoms with E-state index in [2.05, 4.69) is 9.88 Å². The molecule has 4 rings (SSSR count). The van der Waals surface area contributed by atoms with Crippen LogP contribution >= 0.6 is 11.3 Å². The van der Waals surface area contributed by atoms with E-state index in [4.69, 9.17) is 4.74 Å². The van der Waals surface area contributed by atoms with Gasteiger partial charge in [-0.3, -0.25) is 9.78 Å². The minimum absolute atomic E-state index is 0.153. The van der Waals surface area contributed by atoms with E-state index in [9.17, 15) is 4.79 Å². The largest absolute Gasteiger partial charge is 0.375 e. The molecule has 1 saturated heterocycles. The maximum atomic E-state index is 12.7. The molecular weight excluding hydrogens is 332 g/mol. The first-order valence-electron chi connectivity index (χ1n) is 9.03. The lowest BCUT2D eigenvalue weighted by Crippen LogP contribution is -2.35. The predicted octanol–water partition coefficient (Wildman–Crippen LogP) is 3.53. The van der Waals surface area contributed by atoms with Crippen LogP contribution in [0.4, 0.5) is 0 Å². The SMILES string of the molecule is O=C(Cc1cccs1)N1C[C@H]2CCC[C@@]2(COCc2ccccn2)C1. The number of ether oxygens (including phenoxy) is 1. The van der Waals surface area contributed by atoms with Gasteiger partial charge in [0.05, 0.1) is 25.3 Å². The number of pyridine rings is 1. The molecule has 1 aliphatic carbocycles. The van der Waals surface area contributed by atoms with Crippen molar-refractivity contribution in [3.8, 4) is 0 Å². The number of hydrogen-bond donors (Lipinski definition) is 0. The Morgan fingerprint density at radius 1 is 1.36 bits per heavy atom. The molecule has 0 radical (unpaired) electrons. The molecular formula is C20H24N2O2S. The second kappa shape index (κ2) is 7.26. The van der Waals surface area contributed by atoms with Gasteiger partial charge in [-0.2, -0.15) is 0 Å². The average molecular weight is 356 g/mol. The Morgan fingerprint density at radius 2 is 2.32 bits per heavy atom. The molecule has 2 atom stereocenters. The first-order valence-corrected chi connectivity index (χ1v) is 9.91. The van der Waals surface area contributed by atoms with E-state index in [-0.39, 0.29) is 11.3 Å². The molecule has 2 fully saturated rings. The number of amides is 1. The van der Waals surface area contributed by atoms with Crippen LogP contribution in [-0.2, 0) is 22.6 Å². The van der Waals surface area contributed by atoms with Crippen LogP contribution < -0.4 is 0 Å². The van der Waals surface area contributed by atoms with Crippen molar-refractivity contribution in [1.82, 2.24) is 9.88 Å². The number of thiophene rings is 1. The lowest BCUT2D eigenvalue weighted by Gasteiger charge is -2.28. The number of carbonyl (C=O) groups excluding carboxylic acids is 1. The smallest absolute Gasteiger partial charge is 0.227 e. The molecule has 132 valence electrons. The molecule has 0 spiro atoms. The summed E-state index contributed by atoms with van der Waals surface area (Å²) in [6.07, 6.45) is 5.98. The zero-order valence-electron chi connectivity index (χ0n) is 14.4. The van der Waals surface area contributed by atoms with Gasteiger partial charge in [0.1, 0.15) is 0 Å². The van der Waals surface area contributed by atoms with E-state index < -0.39 is 0 Å². The van der Waals surface area contributed by atoms with Crippen LogP contribution in [0.5, 0.6) is 0 Å². The van der Waals surface area contributed by atoms with E-state index in [1.807, 2.05) is 35.7 Å². The van der Waals surface area contributed by atoms with Gasteiger partial charge in [-0.05, 0) is 42.3 Å². The summed E-state index contributed by atoms with van der Waals surface area (Å²) in [5.74, 6) is 0.851. The summed E-state index contributed by atoms with van der Waals surface area (Å²) in [4.78, 5) is 20.2. The van der Waals surface area contributed by atoms with E-state index in [0.717, 1.165) is 30.3 Å². The molecule has 0 N–H and O–H groups in total. The highest BCUT2D eigenvalue weighted by Gasteiger charge is 2.50. The normalized spacial score (nSPS) is 25.3. The number of aromatic nitrogens is 1. The molecule has 0 aromatic carbocycles. The molecule has 1 saturated carbocycles. The topological polar surface area (TPSA) is 42.4 Å². The van der Waals surface area contributed by atoms with E-state index >= 15 is 0 Å². The van der Waals surface area contributed by atoms with Crippen molar-refractivity contribution in [2.24, 2.45) is 11.3 Å². The second-order valence-corrected chi connectivity index (χ2v) is 8.33. The van der Waals surface area contributed by atoms with Crippen LogP contribution in [0.2, 0.25) is 0 Å². The van der Waals surface area contributed by atoms with Crippen LogP contribution in [0, 0.1) is 11.3 Å². The quantitative estimate of drug-likeness (QED) is 0.795. The Kier molecular flexibility index (Phi) is 4.86. The molecule has 5 heteroatoms. The highest BCUT2D eigenvalue weighted by atomic mass is 32.1. The maximum Gasteiger partial charge on any atom is 0.227 e. The highest BCUT2D eigenvalue weighted by molar-refractivity contribution is 7.10. The third kappa shape index (κ3) is 3.62. The number of nitrogens with zero attached hydrogens (tertiary/aromatic N) is 2. The summed E-state index contributed by atoms with van der Waals surface area (Å²) in [7, 11) is 0. The van der Waals surface area contributed by atoms with Gasteiger partial charge >= 0.3 is 0 Å². The number of hydrogen-bond acceptors (Lipinski definition) is 4. The van der Waals surface area contributed by atoms with Crippen molar-refractivity contribution in [3.05, 3.63) is 52.5 Å². The van der Waals surface area contributed by atoms with Crippen molar-refractivity contribution in [1.29, 1.82) is 0 Å². The molecule has 3 heterocycles. The number of likely N-dealkylation sites (tertiary alicyclic amines) is 1. The van der Waals surface area contributed by atoms with Crippen LogP contribution in [0.3, 0.4) is 0 Å². The van der Waals surface area contributed by atoms with Gasteiger partial charge in [0, 0.05) is 29.6 Å². The number of fused-ring (bicyclic) bond motifs is 1. The molecule has 4 nitrogen and oxygen atoms in total. The van der Waals surface area contributed by atoms with Crippen molar-refractivity contribution in [3.63, 3.8) is 0 Å². The summed E-state index contributed by atoms with van der Waals surface area (Å²) in [6, 6.07) is 9.96. The van der Waals surface area contributed by atoms with E-state index in [1.165, 1.54) is 19.3 Å². The van der Waals surface area contributed by atoms with Gasteiger partial charge in [-0.25, -0.2) is 0 Å². The fourth-order valence-electron chi connectivity index (χ4n) is 4.36. The molecule has 2 aromatic heterocycles. The van der Waals surface area contributed by atoms with Crippen LogP contribution in [0.15, 0.2) is 41.9 Å². The minimum Gasteiger partial charge on any atom is -0.375 e. The van der Waals surface area contributed by atoms with Gasteiger partial charge in [0.25, 0.3) is 0 Å². The van der Waals surface area contributed by atoms with Crippen LogP contribution in [0.1, 0.15) is 29.8 Å². The van der Waals surface area contributed by atoms with E-state index in [1.54, 1.807) is 17.5 Å². The molecule has 0 unspecified atom stereocenters. The Morgan fingerprint density at radius 3 is 3.12 bits per heavy atom. The molecule has 2 aliphatic rings. The third-order valence-electron chi connectivity index (χ3n) is 5.66. The summed E-state index contributed by atoms with van der Waals surface area (Å²) >= 11 is 1.66. The lowest BCUT2D eigenvalue weighted by molar-refractivity contribution is -0.130. The molecule has 0 bridgehead atoms. The van der Waals surface area contributed by atoms with Crippen LogP contribution in [0.25, 0.3) is 0 Å². The van der Waals surface area contributed by atoms with Gasteiger partial charge in [-0.1, -0.05) is 18.6 Å². The van der Waals surface area contributed by atoms with Gasteiger partial charge in [0.15, 0.2) is 0 Å². The molecule has 1 aliphatic heterocycles. The Bertz CT molecular complexity index is 704. The van der Waals surface area contributed by atoms with Gasteiger partial charge < -0.3 is 9.64 Å². The third-order valence-corrected chi connectivity index (χ3v) is 6.54. The van der Waals surface area contributed by atoms with Crippen molar-refractivity contribution < 1.29 is 9.53 Å². The summed E-state index contributed by atoms with van der Waals surface area (Å²) in [6.45, 7) is 3.04. The lowest BCUT2D eigenvalue weighted by atomic mass is 9.81. The maximum absolute atomic E-state index is 12.7. The first-order chi connectivity index (χ1) is 12.3. The van der Waals surface area contributed by atoms with Crippen LogP contribution in [-0.4, -0.2) is 35.5 Å². The fraction of sp³-hybridized carbons (Fsp3) is 0.500. The predicted molar refractivity (Wildman–Crippen MR) is 98.3 cm³/mol. The zero-order valence-corrected chi connectivity index (χ0v) is 15.2. The van der Waals surface area contributed by atoms with Gasteiger partial charge in [0.2, 0.25) is 5.91 Å². The Labute approximate surface area is 152 Å². The Balaban J connectivity index is 1.36. The first kappa shape index (κ1) is 16.7. The Hall–Kier alpha value is -1.72. The van der Waals surface area contributed by atoms with E-state index in [0.29, 0.717) is 18.9 Å². The summed E-state index contributed by atoms with van der Waals surface area (Å²) in [5.41, 5.74) is 1.12. The second-order valence-electron chi connectivity index (χ2n) is 7.30. The molecule has 1 amide bonds. The minimum atomic E-state index is 0.153. The molecule has 25 heavy (non-hydrogen) atoms. The highest BCUT2D eigenvalue weighted by Crippen LogP contribution is 2.49. The van der Waals surface area contributed by atoms with Crippen molar-refractivity contribution >= 4 is 17.2 Å². The fourth-order valence-corrected chi connectivity index (χ4v) is 5.05. The monoisotopic (exact) mass is 356 g/mol. The standard InChI is InChI=1S/C20H24N2O2S/c23-19(11-18-7-4-10-25-18)22-12-16-5-3-8-20(16,14-22)15-24-13-17-6-1-2-9-21-17/h1-2,4,6-7,9-10,16H,3,5,8,11-15H2/t16-,20+/m1/s1. The number of carbonyl (C=O) groups is 1. The number of rotatable bonds is 6. The summed E-state index contributed by atoms with van der Waals surface area (Å²) in [5, 5.41) is 2.04. The average Bonchev–Trinajstić information content (AvgIpc) is 3.31. The zero-order chi connectivity index (χ0) is 17.1. The van der Waals surface area contributed by atoms with Crippen molar-refractivity contribution in [2.45, 2.75) is 32.3 Å². The summed E-state index contributed by atoms with van der Waals surface area (Å²) < 4.78 is 6.04. The van der Waals surface area contributed by atoms with Crippen molar-refractivity contribution in [2.75, 3.05) is 19.7 Å². The van der Waals surface area contributed by atoms with Gasteiger partial charge in [-0.15, -0.1) is 11.3 Å².